The van der Waals surface area contributed by atoms with Crippen LogP contribution in [0.2, 0.25) is 0 Å². The SMILES string of the molecule is CC(C)C[C@@H]1O[C@H]2O[C@H](CO)[C@H](O)[C@H](O)[C@H]2NC1=O. The summed E-state index contributed by atoms with van der Waals surface area (Å²) in [5.74, 6) is -0.0349. The number of morpholine rings is 1. The number of fused-ring (bicyclic) bond motifs is 1. The van der Waals surface area contributed by atoms with Crippen molar-refractivity contribution in [2.75, 3.05) is 6.61 Å². The Morgan fingerprint density at radius 1 is 1.26 bits per heavy atom. The number of hydrogen-bond acceptors (Lipinski definition) is 6. The highest BCUT2D eigenvalue weighted by atomic mass is 16.7. The van der Waals surface area contributed by atoms with E-state index in [4.69, 9.17) is 14.6 Å². The highest BCUT2D eigenvalue weighted by Crippen LogP contribution is 2.27. The van der Waals surface area contributed by atoms with E-state index in [0.717, 1.165) is 0 Å². The molecule has 2 rings (SSSR count). The predicted molar refractivity (Wildman–Crippen MR) is 64.0 cm³/mol. The summed E-state index contributed by atoms with van der Waals surface area (Å²) >= 11 is 0. The Bertz CT molecular complexity index is 336. The van der Waals surface area contributed by atoms with Gasteiger partial charge < -0.3 is 30.1 Å². The molecule has 0 aromatic heterocycles. The molecule has 1 amide bonds. The number of carbonyl (C=O) groups is 1. The van der Waals surface area contributed by atoms with Gasteiger partial charge in [-0.3, -0.25) is 4.79 Å². The molecule has 0 bridgehead atoms. The first-order valence-corrected chi connectivity index (χ1v) is 6.52. The van der Waals surface area contributed by atoms with Gasteiger partial charge >= 0.3 is 0 Å². The summed E-state index contributed by atoms with van der Waals surface area (Å²) in [5.41, 5.74) is 0. The Morgan fingerprint density at radius 2 is 1.95 bits per heavy atom. The second-order valence-electron chi connectivity index (χ2n) is 5.50. The van der Waals surface area contributed by atoms with Gasteiger partial charge in [0.05, 0.1) is 6.61 Å². The molecule has 0 aromatic carbocycles. The van der Waals surface area contributed by atoms with Crippen molar-refractivity contribution in [1.29, 1.82) is 0 Å². The average Bonchev–Trinajstić information content (AvgIpc) is 2.35. The lowest BCUT2D eigenvalue weighted by atomic mass is 9.94. The fourth-order valence-corrected chi connectivity index (χ4v) is 2.42. The molecular formula is C12H21NO6. The number of hydrogen-bond donors (Lipinski definition) is 4. The molecule has 7 nitrogen and oxygen atoms in total. The second-order valence-corrected chi connectivity index (χ2v) is 5.50. The third-order valence-corrected chi connectivity index (χ3v) is 3.47. The van der Waals surface area contributed by atoms with Crippen molar-refractivity contribution in [1.82, 2.24) is 5.32 Å². The number of aliphatic hydroxyl groups excluding tert-OH is 3. The van der Waals surface area contributed by atoms with Gasteiger partial charge in [0.25, 0.3) is 0 Å². The molecule has 2 aliphatic rings. The van der Waals surface area contributed by atoms with Crippen LogP contribution >= 0.6 is 0 Å². The molecule has 2 fully saturated rings. The number of nitrogens with one attached hydrogen (secondary N) is 1. The van der Waals surface area contributed by atoms with Crippen LogP contribution in [0.5, 0.6) is 0 Å². The van der Waals surface area contributed by atoms with E-state index in [1.165, 1.54) is 0 Å². The molecular weight excluding hydrogens is 254 g/mol. The summed E-state index contributed by atoms with van der Waals surface area (Å²) in [6.07, 6.45) is -4.33. The van der Waals surface area contributed by atoms with E-state index in [9.17, 15) is 15.0 Å². The third-order valence-electron chi connectivity index (χ3n) is 3.47. The van der Waals surface area contributed by atoms with Crippen molar-refractivity contribution < 1.29 is 29.6 Å². The van der Waals surface area contributed by atoms with Gasteiger partial charge in [-0.15, -0.1) is 0 Å². The lowest BCUT2D eigenvalue weighted by molar-refractivity contribution is -0.291. The van der Waals surface area contributed by atoms with Gasteiger partial charge in [0.15, 0.2) is 6.29 Å². The average molecular weight is 275 g/mol. The number of amides is 1. The normalized spacial score (nSPS) is 42.9. The van der Waals surface area contributed by atoms with E-state index < -0.39 is 43.4 Å². The van der Waals surface area contributed by atoms with Gasteiger partial charge in [-0.05, 0) is 12.3 Å². The highest BCUT2D eigenvalue weighted by Gasteiger charge is 2.49. The number of carbonyl (C=O) groups excluding carboxylic acids is 1. The topological polar surface area (TPSA) is 108 Å². The zero-order valence-electron chi connectivity index (χ0n) is 11.0. The van der Waals surface area contributed by atoms with Crippen molar-refractivity contribution in [3.8, 4) is 0 Å². The minimum Gasteiger partial charge on any atom is -0.394 e. The van der Waals surface area contributed by atoms with E-state index in [1.54, 1.807) is 0 Å². The van der Waals surface area contributed by atoms with Gasteiger partial charge in [0.1, 0.15) is 30.5 Å². The molecule has 4 N–H and O–H groups in total. The van der Waals surface area contributed by atoms with E-state index in [0.29, 0.717) is 6.42 Å². The zero-order valence-corrected chi connectivity index (χ0v) is 11.0. The van der Waals surface area contributed by atoms with Crippen LogP contribution < -0.4 is 5.32 Å². The molecule has 2 saturated heterocycles. The standard InChI is InChI=1S/C12H21NO6/c1-5(2)3-6-11(17)13-8-10(16)9(15)7(4-14)19-12(8)18-6/h5-10,12,14-16H,3-4H2,1-2H3,(H,13,17)/t6-,7+,8+,9-,10+,12-/m0/s1. The lowest BCUT2D eigenvalue weighted by Crippen LogP contribution is -2.69. The van der Waals surface area contributed by atoms with Gasteiger partial charge in [0, 0.05) is 0 Å². The van der Waals surface area contributed by atoms with Crippen LogP contribution in [-0.2, 0) is 14.3 Å². The second kappa shape index (κ2) is 5.72. The molecule has 0 aromatic rings. The maximum atomic E-state index is 11.9. The molecule has 2 aliphatic heterocycles. The van der Waals surface area contributed by atoms with Crippen molar-refractivity contribution in [3.05, 3.63) is 0 Å². The van der Waals surface area contributed by atoms with Crippen LogP contribution in [0, 0.1) is 5.92 Å². The van der Waals surface area contributed by atoms with Gasteiger partial charge in [-0.1, -0.05) is 13.8 Å². The molecule has 6 atom stereocenters. The van der Waals surface area contributed by atoms with Crippen LogP contribution in [0.1, 0.15) is 20.3 Å². The van der Waals surface area contributed by atoms with Crippen molar-refractivity contribution in [3.63, 3.8) is 0 Å². The number of ether oxygens (including phenoxy) is 2. The minimum absolute atomic E-state index is 0.278. The Kier molecular flexibility index (Phi) is 4.42. The van der Waals surface area contributed by atoms with Crippen LogP contribution in [0.25, 0.3) is 0 Å². The summed E-state index contributed by atoms with van der Waals surface area (Å²) in [5, 5.41) is 31.4. The minimum atomic E-state index is -1.25. The molecule has 7 heteroatoms. The van der Waals surface area contributed by atoms with E-state index in [-0.39, 0.29) is 11.8 Å². The Labute approximate surface area is 111 Å². The Hall–Kier alpha value is -0.730. The van der Waals surface area contributed by atoms with Gasteiger partial charge in [-0.25, -0.2) is 0 Å². The molecule has 19 heavy (non-hydrogen) atoms. The summed E-state index contributed by atoms with van der Waals surface area (Å²) in [7, 11) is 0. The van der Waals surface area contributed by atoms with Crippen molar-refractivity contribution >= 4 is 5.91 Å². The number of aliphatic hydroxyl groups is 3. The molecule has 110 valence electrons. The summed E-state index contributed by atoms with van der Waals surface area (Å²) in [4.78, 5) is 11.9. The first-order chi connectivity index (χ1) is 8.93. The van der Waals surface area contributed by atoms with Crippen LogP contribution in [0.3, 0.4) is 0 Å². The smallest absolute Gasteiger partial charge is 0.249 e. The summed E-state index contributed by atoms with van der Waals surface area (Å²) in [6, 6.07) is -0.811. The number of rotatable bonds is 3. The maximum Gasteiger partial charge on any atom is 0.249 e. The first-order valence-electron chi connectivity index (χ1n) is 6.52. The molecule has 0 radical (unpaired) electrons. The fraction of sp³-hybridized carbons (Fsp3) is 0.917. The van der Waals surface area contributed by atoms with Crippen LogP contribution in [0.4, 0.5) is 0 Å². The molecule has 0 spiro atoms. The van der Waals surface area contributed by atoms with Crippen LogP contribution in [-0.4, -0.2) is 64.6 Å². The fourth-order valence-electron chi connectivity index (χ4n) is 2.42. The molecule has 2 heterocycles. The molecule has 0 unspecified atom stereocenters. The quantitative estimate of drug-likeness (QED) is 0.492. The molecule has 0 aliphatic carbocycles. The highest BCUT2D eigenvalue weighted by molar-refractivity contribution is 5.81. The van der Waals surface area contributed by atoms with Crippen LogP contribution in [0.15, 0.2) is 0 Å². The monoisotopic (exact) mass is 275 g/mol. The van der Waals surface area contributed by atoms with E-state index in [1.807, 2.05) is 13.8 Å². The van der Waals surface area contributed by atoms with Gasteiger partial charge in [0.2, 0.25) is 5.91 Å². The van der Waals surface area contributed by atoms with E-state index >= 15 is 0 Å². The third kappa shape index (κ3) is 2.90. The van der Waals surface area contributed by atoms with E-state index in [2.05, 4.69) is 5.32 Å². The zero-order chi connectivity index (χ0) is 14.2. The maximum absolute atomic E-state index is 11.9. The van der Waals surface area contributed by atoms with Crippen molar-refractivity contribution in [2.24, 2.45) is 5.92 Å². The van der Waals surface area contributed by atoms with Gasteiger partial charge in [-0.2, -0.15) is 0 Å². The molecule has 0 saturated carbocycles. The Balaban J connectivity index is 2.08. The summed E-state index contributed by atoms with van der Waals surface area (Å²) in [6.45, 7) is 3.52. The predicted octanol–water partition coefficient (Wildman–Crippen LogP) is -1.64. The van der Waals surface area contributed by atoms with Crippen molar-refractivity contribution in [2.45, 2.75) is 57.0 Å². The largest absolute Gasteiger partial charge is 0.394 e. The lowest BCUT2D eigenvalue weighted by Gasteiger charge is -2.46. The Morgan fingerprint density at radius 3 is 2.53 bits per heavy atom. The first kappa shape index (κ1) is 14.7. The summed E-state index contributed by atoms with van der Waals surface area (Å²) < 4.78 is 10.9.